The Morgan fingerprint density at radius 2 is 1.62 bits per heavy atom. The zero-order valence-corrected chi connectivity index (χ0v) is 17.3. The van der Waals surface area contributed by atoms with E-state index in [0.717, 1.165) is 5.56 Å². The van der Waals surface area contributed by atoms with Gasteiger partial charge in [-0.2, -0.15) is 0 Å². The second kappa shape index (κ2) is 8.77. The third kappa shape index (κ3) is 4.22. The van der Waals surface area contributed by atoms with Crippen molar-refractivity contribution >= 4 is 40.1 Å². The van der Waals surface area contributed by atoms with Crippen molar-refractivity contribution in [1.29, 1.82) is 0 Å². The lowest BCUT2D eigenvalue weighted by molar-refractivity contribution is 0.0696. The number of carbonyl (C=O) groups is 3. The predicted molar refractivity (Wildman–Crippen MR) is 123 cm³/mol. The number of hydrogen-bond acceptors (Lipinski definition) is 4. The molecule has 4 aromatic rings. The molecule has 160 valence electrons. The smallest absolute Gasteiger partial charge is 0.335 e. The molecule has 0 spiro atoms. The van der Waals surface area contributed by atoms with Gasteiger partial charge in [0.15, 0.2) is 0 Å². The molecule has 1 amide bonds. The van der Waals surface area contributed by atoms with Gasteiger partial charge in [-0.1, -0.05) is 48.5 Å². The Kier molecular flexibility index (Phi) is 5.72. The van der Waals surface area contributed by atoms with Gasteiger partial charge in [-0.05, 0) is 29.8 Å². The molecule has 4 rings (SSSR count). The molecule has 32 heavy (non-hydrogen) atoms. The Morgan fingerprint density at radius 3 is 2.34 bits per heavy atom. The molecule has 0 radical (unpaired) electrons. The van der Waals surface area contributed by atoms with Crippen LogP contribution in [-0.4, -0.2) is 27.5 Å². The zero-order valence-electron chi connectivity index (χ0n) is 17.3. The highest BCUT2D eigenvalue weighted by atomic mass is 16.4. The van der Waals surface area contributed by atoms with Crippen LogP contribution >= 0.6 is 0 Å². The quantitative estimate of drug-likeness (QED) is 0.408. The lowest BCUT2D eigenvalue weighted by Gasteiger charge is -2.14. The van der Waals surface area contributed by atoms with Crippen LogP contribution in [0.3, 0.4) is 0 Å². The summed E-state index contributed by atoms with van der Waals surface area (Å²) in [7, 11) is 0. The number of anilines is 2. The van der Waals surface area contributed by atoms with Crippen molar-refractivity contribution in [2.45, 2.75) is 13.5 Å². The second-order valence-corrected chi connectivity index (χ2v) is 7.31. The van der Waals surface area contributed by atoms with E-state index in [1.54, 1.807) is 30.3 Å². The summed E-state index contributed by atoms with van der Waals surface area (Å²) in [6.07, 6.45) is 1.50. The average Bonchev–Trinajstić information content (AvgIpc) is 3.19. The van der Waals surface area contributed by atoms with Crippen LogP contribution < -0.4 is 10.6 Å². The fourth-order valence-corrected chi connectivity index (χ4v) is 3.54. The van der Waals surface area contributed by atoms with E-state index in [-0.39, 0.29) is 11.5 Å². The van der Waals surface area contributed by atoms with Crippen LogP contribution in [0.5, 0.6) is 0 Å². The summed E-state index contributed by atoms with van der Waals surface area (Å²) < 4.78 is 1.42. The van der Waals surface area contributed by atoms with E-state index in [1.807, 2.05) is 30.3 Å². The summed E-state index contributed by atoms with van der Waals surface area (Å²) in [5.41, 5.74) is 2.97. The molecule has 0 atom stereocenters. The molecule has 0 saturated carbocycles. The molecule has 1 aromatic heterocycles. The van der Waals surface area contributed by atoms with E-state index >= 15 is 0 Å². The maximum absolute atomic E-state index is 13.2. The normalized spacial score (nSPS) is 10.7. The van der Waals surface area contributed by atoms with Crippen molar-refractivity contribution in [3.8, 4) is 0 Å². The first kappa shape index (κ1) is 20.9. The Bertz CT molecular complexity index is 1330. The molecule has 7 heteroatoms. The van der Waals surface area contributed by atoms with Crippen LogP contribution in [0, 0.1) is 0 Å². The number of hydrogen-bond donors (Lipinski definition) is 3. The number of para-hydroxylation sites is 1. The maximum Gasteiger partial charge on any atom is 0.335 e. The van der Waals surface area contributed by atoms with Gasteiger partial charge in [0.25, 0.3) is 5.91 Å². The Hall–Kier alpha value is -4.39. The Balaban J connectivity index is 1.67. The molecule has 0 bridgehead atoms. The molecule has 0 aliphatic carbocycles. The lowest BCUT2D eigenvalue weighted by Crippen LogP contribution is -2.14. The van der Waals surface area contributed by atoms with E-state index < -0.39 is 11.9 Å². The van der Waals surface area contributed by atoms with Crippen molar-refractivity contribution < 1.29 is 19.5 Å². The minimum absolute atomic E-state index is 0.0525. The van der Waals surface area contributed by atoms with Gasteiger partial charge in [0.1, 0.15) is 0 Å². The van der Waals surface area contributed by atoms with E-state index in [4.69, 9.17) is 0 Å². The molecule has 3 N–H and O–H groups in total. The number of nitrogens with one attached hydrogen (secondary N) is 2. The standard InChI is InChI=1S/C25H21N3O4/c1-16(29)28-15-20(19-9-5-6-10-23(19)28)24(30)27-22-13-18(25(31)32)11-12-21(22)26-14-17-7-3-2-4-8-17/h2-13,15,26H,14H2,1H3,(H,27,30)(H,31,32). The van der Waals surface area contributed by atoms with Crippen molar-refractivity contribution in [2.75, 3.05) is 10.6 Å². The van der Waals surface area contributed by atoms with E-state index in [1.165, 1.54) is 29.8 Å². The highest BCUT2D eigenvalue weighted by Gasteiger charge is 2.18. The van der Waals surface area contributed by atoms with Crippen LogP contribution in [0.2, 0.25) is 0 Å². The summed E-state index contributed by atoms with van der Waals surface area (Å²) in [6, 6.07) is 21.4. The number of fused-ring (bicyclic) bond motifs is 1. The van der Waals surface area contributed by atoms with E-state index in [2.05, 4.69) is 10.6 Å². The van der Waals surface area contributed by atoms with Crippen molar-refractivity contribution in [3.63, 3.8) is 0 Å². The molecule has 0 aliphatic rings. The van der Waals surface area contributed by atoms with E-state index in [9.17, 15) is 19.5 Å². The molecule has 7 nitrogen and oxygen atoms in total. The summed E-state index contributed by atoms with van der Waals surface area (Å²) in [5.74, 6) is -1.74. The van der Waals surface area contributed by atoms with Crippen LogP contribution in [-0.2, 0) is 6.54 Å². The number of rotatable bonds is 6. The number of aromatic nitrogens is 1. The molecule has 0 unspecified atom stereocenters. The van der Waals surface area contributed by atoms with E-state index in [0.29, 0.717) is 34.4 Å². The first-order valence-corrected chi connectivity index (χ1v) is 10.0. The number of benzene rings is 3. The highest BCUT2D eigenvalue weighted by Crippen LogP contribution is 2.27. The summed E-state index contributed by atoms with van der Waals surface area (Å²) in [4.78, 5) is 36.6. The minimum atomic E-state index is -1.09. The van der Waals surface area contributed by atoms with Gasteiger partial charge in [0.05, 0.1) is 28.0 Å². The van der Waals surface area contributed by atoms with Crippen LogP contribution in [0.1, 0.15) is 38.0 Å². The van der Waals surface area contributed by atoms with Crippen LogP contribution in [0.4, 0.5) is 11.4 Å². The van der Waals surface area contributed by atoms with Gasteiger partial charge >= 0.3 is 5.97 Å². The summed E-state index contributed by atoms with van der Waals surface area (Å²) >= 11 is 0. The third-order valence-electron chi connectivity index (χ3n) is 5.14. The average molecular weight is 427 g/mol. The van der Waals surface area contributed by atoms with Gasteiger partial charge in [-0.3, -0.25) is 14.2 Å². The molecule has 0 fully saturated rings. The summed E-state index contributed by atoms with van der Waals surface area (Å²) in [5, 5.41) is 16.1. The molecule has 0 saturated heterocycles. The molecule has 1 heterocycles. The number of amides is 1. The minimum Gasteiger partial charge on any atom is -0.478 e. The zero-order chi connectivity index (χ0) is 22.7. The fraction of sp³-hybridized carbons (Fsp3) is 0.0800. The Labute approximate surface area is 184 Å². The fourth-order valence-electron chi connectivity index (χ4n) is 3.54. The molecule has 0 aliphatic heterocycles. The first-order chi connectivity index (χ1) is 15.4. The topological polar surface area (TPSA) is 100 Å². The number of nitrogens with zero attached hydrogens (tertiary/aromatic N) is 1. The predicted octanol–water partition coefficient (Wildman–Crippen LogP) is 4.86. The maximum atomic E-state index is 13.2. The van der Waals surface area contributed by atoms with Crippen molar-refractivity contribution in [2.24, 2.45) is 0 Å². The second-order valence-electron chi connectivity index (χ2n) is 7.31. The van der Waals surface area contributed by atoms with Gasteiger partial charge in [0.2, 0.25) is 5.91 Å². The lowest BCUT2D eigenvalue weighted by atomic mass is 10.1. The number of aromatic carboxylic acids is 1. The summed E-state index contributed by atoms with van der Waals surface area (Å²) in [6.45, 7) is 1.93. The molecular formula is C25H21N3O4. The highest BCUT2D eigenvalue weighted by molar-refractivity contribution is 6.15. The number of carboxylic acids is 1. The number of carboxylic acid groups (broad SMARTS) is 1. The van der Waals surface area contributed by atoms with Crippen LogP contribution in [0.25, 0.3) is 10.9 Å². The molecular weight excluding hydrogens is 406 g/mol. The van der Waals surface area contributed by atoms with Gasteiger partial charge < -0.3 is 15.7 Å². The SMILES string of the molecule is CC(=O)n1cc(C(=O)Nc2cc(C(=O)O)ccc2NCc2ccccc2)c2ccccc21. The first-order valence-electron chi connectivity index (χ1n) is 10.0. The van der Waals surface area contributed by atoms with Gasteiger partial charge in [-0.25, -0.2) is 4.79 Å². The van der Waals surface area contributed by atoms with Crippen LogP contribution in [0.15, 0.2) is 79.0 Å². The Morgan fingerprint density at radius 1 is 0.906 bits per heavy atom. The monoisotopic (exact) mass is 427 g/mol. The molecule has 3 aromatic carbocycles. The van der Waals surface area contributed by atoms with Crippen molar-refractivity contribution in [1.82, 2.24) is 4.57 Å². The van der Waals surface area contributed by atoms with Gasteiger partial charge in [-0.15, -0.1) is 0 Å². The van der Waals surface area contributed by atoms with Gasteiger partial charge in [0, 0.05) is 25.1 Å². The van der Waals surface area contributed by atoms with Crippen molar-refractivity contribution in [3.05, 3.63) is 95.7 Å². The number of carbonyl (C=O) groups excluding carboxylic acids is 2. The third-order valence-corrected chi connectivity index (χ3v) is 5.14. The largest absolute Gasteiger partial charge is 0.478 e.